The number of carbonyl (C=O) groups excluding carboxylic acids is 1. The second-order valence-corrected chi connectivity index (χ2v) is 6.46. The van der Waals surface area contributed by atoms with Gasteiger partial charge < -0.3 is 9.84 Å². The highest BCUT2D eigenvalue weighted by atomic mass is 16.5. The molecule has 1 amide bonds. The minimum Gasteiger partial charge on any atom is -0.348 e. The summed E-state index contributed by atoms with van der Waals surface area (Å²) in [6.07, 6.45) is 5.73. The fourth-order valence-corrected chi connectivity index (χ4v) is 2.24. The first kappa shape index (κ1) is 17.8. The molecule has 0 fully saturated rings. The maximum atomic E-state index is 12.2. The molecule has 1 unspecified atom stereocenters. The molecule has 0 spiro atoms. The summed E-state index contributed by atoms with van der Waals surface area (Å²) in [6.45, 7) is 7.98. The lowest BCUT2D eigenvalue weighted by atomic mass is 10.2. The highest BCUT2D eigenvalue weighted by Crippen LogP contribution is 2.21. The van der Waals surface area contributed by atoms with E-state index in [1.165, 1.54) is 0 Å². The average molecular weight is 354 g/mol. The third-order valence-electron chi connectivity index (χ3n) is 4.02. The predicted molar refractivity (Wildman–Crippen MR) is 96.0 cm³/mol. The van der Waals surface area contributed by atoms with E-state index in [2.05, 4.69) is 25.4 Å². The van der Waals surface area contributed by atoms with E-state index >= 15 is 0 Å². The smallest absolute Gasteiger partial charge is 0.271 e. The molecular formula is C18H22N6O2. The summed E-state index contributed by atoms with van der Waals surface area (Å²) in [5.74, 6) is 1.70. The van der Waals surface area contributed by atoms with E-state index in [1.807, 2.05) is 33.8 Å². The van der Waals surface area contributed by atoms with E-state index < -0.39 is 0 Å². The Balaban J connectivity index is 1.83. The van der Waals surface area contributed by atoms with Crippen LogP contribution in [0.4, 0.5) is 0 Å². The Morgan fingerprint density at radius 2 is 2.12 bits per heavy atom. The number of amides is 1. The fraction of sp³-hybridized carbons (Fsp3) is 0.389. The summed E-state index contributed by atoms with van der Waals surface area (Å²) < 4.78 is 7.01. The Morgan fingerprint density at radius 3 is 2.81 bits per heavy atom. The number of hydrogen-bond donors (Lipinski definition) is 1. The molecule has 3 aromatic heterocycles. The van der Waals surface area contributed by atoms with Crippen LogP contribution in [0.3, 0.4) is 0 Å². The van der Waals surface area contributed by atoms with Crippen molar-refractivity contribution in [3.05, 3.63) is 42.4 Å². The van der Waals surface area contributed by atoms with Crippen molar-refractivity contribution in [1.82, 2.24) is 30.0 Å². The number of nitrogens with one attached hydrogen (secondary N) is 1. The van der Waals surface area contributed by atoms with Crippen LogP contribution in [0, 0.1) is 0 Å². The van der Waals surface area contributed by atoms with Crippen LogP contribution in [0.5, 0.6) is 0 Å². The Kier molecular flexibility index (Phi) is 5.11. The van der Waals surface area contributed by atoms with Crippen molar-refractivity contribution in [2.45, 2.75) is 46.1 Å². The highest BCUT2D eigenvalue weighted by molar-refractivity contribution is 5.92. The molecule has 3 heterocycles. The molecule has 8 nitrogen and oxygen atoms in total. The zero-order valence-electron chi connectivity index (χ0n) is 15.3. The lowest BCUT2D eigenvalue weighted by Gasteiger charge is -2.09. The average Bonchev–Trinajstić information content (AvgIpc) is 3.31. The molecule has 0 saturated carbocycles. The van der Waals surface area contributed by atoms with Crippen LogP contribution >= 0.6 is 0 Å². The topological polar surface area (TPSA) is 98.7 Å². The number of pyridine rings is 1. The zero-order valence-corrected chi connectivity index (χ0v) is 15.3. The van der Waals surface area contributed by atoms with Crippen LogP contribution in [0.1, 0.15) is 56.3 Å². The number of carbonyl (C=O) groups is 1. The number of hydrogen-bond acceptors (Lipinski definition) is 6. The molecule has 0 saturated heterocycles. The second-order valence-electron chi connectivity index (χ2n) is 6.46. The molecule has 0 aliphatic rings. The van der Waals surface area contributed by atoms with E-state index in [0.717, 1.165) is 12.0 Å². The van der Waals surface area contributed by atoms with Crippen LogP contribution < -0.4 is 5.32 Å². The molecule has 3 rings (SSSR count). The first-order valence-electron chi connectivity index (χ1n) is 8.63. The largest absolute Gasteiger partial charge is 0.348 e. The first-order chi connectivity index (χ1) is 12.5. The van der Waals surface area contributed by atoms with Gasteiger partial charge in [-0.25, -0.2) is 9.97 Å². The number of rotatable bonds is 6. The van der Waals surface area contributed by atoms with Gasteiger partial charge in [0.25, 0.3) is 11.8 Å². The second kappa shape index (κ2) is 7.47. The van der Waals surface area contributed by atoms with Crippen molar-refractivity contribution >= 4 is 5.91 Å². The zero-order chi connectivity index (χ0) is 18.7. The Hall–Kier alpha value is -3.03. The molecule has 0 aromatic carbocycles. The SMILES string of the molecule is CCC(C)NC(=O)c1cn(-c2cc(-c3nc(C(C)C)no3)ccn2)cn1. The predicted octanol–water partition coefficient (Wildman–Crippen LogP) is 2.97. The van der Waals surface area contributed by atoms with Crippen LogP contribution in [0.2, 0.25) is 0 Å². The number of nitrogens with zero attached hydrogens (tertiary/aromatic N) is 5. The van der Waals surface area contributed by atoms with Crippen molar-refractivity contribution < 1.29 is 9.32 Å². The molecule has 0 aliphatic carbocycles. The van der Waals surface area contributed by atoms with Gasteiger partial charge >= 0.3 is 0 Å². The third-order valence-corrected chi connectivity index (χ3v) is 4.02. The van der Waals surface area contributed by atoms with Gasteiger partial charge in [-0.3, -0.25) is 9.36 Å². The van der Waals surface area contributed by atoms with Crippen molar-refractivity contribution in [3.8, 4) is 17.3 Å². The molecule has 8 heteroatoms. The summed E-state index contributed by atoms with van der Waals surface area (Å²) in [4.78, 5) is 25.1. The molecule has 0 bridgehead atoms. The van der Waals surface area contributed by atoms with E-state index in [-0.39, 0.29) is 17.9 Å². The van der Waals surface area contributed by atoms with Gasteiger partial charge in [0.05, 0.1) is 0 Å². The summed E-state index contributed by atoms with van der Waals surface area (Å²) in [5.41, 5.74) is 1.10. The lowest BCUT2D eigenvalue weighted by molar-refractivity contribution is 0.0934. The normalized spacial score (nSPS) is 12.3. The molecule has 1 atom stereocenters. The van der Waals surface area contributed by atoms with Crippen molar-refractivity contribution in [3.63, 3.8) is 0 Å². The van der Waals surface area contributed by atoms with Crippen molar-refractivity contribution in [2.75, 3.05) is 0 Å². The van der Waals surface area contributed by atoms with Crippen LogP contribution in [0.25, 0.3) is 17.3 Å². The van der Waals surface area contributed by atoms with Crippen LogP contribution in [-0.4, -0.2) is 36.6 Å². The fourth-order valence-electron chi connectivity index (χ4n) is 2.24. The maximum absolute atomic E-state index is 12.2. The maximum Gasteiger partial charge on any atom is 0.271 e. The summed E-state index contributed by atoms with van der Waals surface area (Å²) in [5, 5.41) is 6.87. The van der Waals surface area contributed by atoms with Crippen LogP contribution in [0.15, 0.2) is 35.4 Å². The standard InChI is InChI=1S/C18H22N6O2/c1-5-12(4)21-17(25)14-9-24(10-20-14)15-8-13(6-7-19-15)18-22-16(11(2)3)23-26-18/h6-12H,5H2,1-4H3,(H,21,25). The molecule has 0 radical (unpaired) electrons. The lowest BCUT2D eigenvalue weighted by Crippen LogP contribution is -2.32. The molecule has 3 aromatic rings. The molecular weight excluding hydrogens is 332 g/mol. The summed E-state index contributed by atoms with van der Waals surface area (Å²) >= 11 is 0. The van der Waals surface area contributed by atoms with Gasteiger partial charge in [-0.15, -0.1) is 0 Å². The first-order valence-corrected chi connectivity index (χ1v) is 8.63. The van der Waals surface area contributed by atoms with Crippen LogP contribution in [-0.2, 0) is 0 Å². The van der Waals surface area contributed by atoms with E-state index in [9.17, 15) is 4.79 Å². The monoisotopic (exact) mass is 354 g/mol. The quantitative estimate of drug-likeness (QED) is 0.731. The summed E-state index contributed by atoms with van der Waals surface area (Å²) in [6, 6.07) is 3.71. The van der Waals surface area contributed by atoms with Gasteiger partial charge in [-0.05, 0) is 25.5 Å². The van der Waals surface area contributed by atoms with Gasteiger partial charge in [0.2, 0.25) is 0 Å². The van der Waals surface area contributed by atoms with Gasteiger partial charge in [0, 0.05) is 29.9 Å². The molecule has 136 valence electrons. The molecule has 0 aliphatic heterocycles. The van der Waals surface area contributed by atoms with E-state index in [0.29, 0.717) is 23.2 Å². The van der Waals surface area contributed by atoms with Gasteiger partial charge in [0.1, 0.15) is 17.8 Å². The number of imidazole rings is 1. The van der Waals surface area contributed by atoms with E-state index in [1.54, 1.807) is 29.4 Å². The Labute approximate surface area is 151 Å². The van der Waals surface area contributed by atoms with Gasteiger partial charge in [-0.1, -0.05) is 25.9 Å². The Bertz CT molecular complexity index is 898. The minimum absolute atomic E-state index is 0.0989. The van der Waals surface area contributed by atoms with Crippen molar-refractivity contribution in [1.29, 1.82) is 0 Å². The summed E-state index contributed by atoms with van der Waals surface area (Å²) in [7, 11) is 0. The third kappa shape index (κ3) is 3.79. The highest BCUT2D eigenvalue weighted by Gasteiger charge is 2.15. The van der Waals surface area contributed by atoms with Crippen molar-refractivity contribution in [2.24, 2.45) is 0 Å². The molecule has 1 N–H and O–H groups in total. The minimum atomic E-state index is -0.201. The number of aromatic nitrogens is 5. The van der Waals surface area contributed by atoms with E-state index in [4.69, 9.17) is 4.52 Å². The Morgan fingerprint density at radius 1 is 1.31 bits per heavy atom. The van der Waals surface area contributed by atoms with Gasteiger partial charge in [-0.2, -0.15) is 4.98 Å². The van der Waals surface area contributed by atoms with Gasteiger partial charge in [0.15, 0.2) is 5.82 Å². The molecule has 26 heavy (non-hydrogen) atoms.